The Bertz CT molecular complexity index is 939. The molecule has 158 valence electrons. The predicted octanol–water partition coefficient (Wildman–Crippen LogP) is 2.56. The lowest BCUT2D eigenvalue weighted by Crippen LogP contribution is -2.41. The number of amides is 1. The highest BCUT2D eigenvalue weighted by atomic mass is 32.2. The van der Waals surface area contributed by atoms with Crippen LogP contribution in [0.5, 0.6) is 5.75 Å². The van der Waals surface area contributed by atoms with Crippen LogP contribution in [0, 0.1) is 12.8 Å². The monoisotopic (exact) mass is 420 g/mol. The van der Waals surface area contributed by atoms with Gasteiger partial charge in [-0.2, -0.15) is 4.31 Å². The Morgan fingerprint density at radius 3 is 2.34 bits per heavy atom. The summed E-state index contributed by atoms with van der Waals surface area (Å²) in [6.07, 6.45) is 2.57. The zero-order valence-electron chi connectivity index (χ0n) is 17.3. The van der Waals surface area contributed by atoms with Crippen molar-refractivity contribution in [3.05, 3.63) is 36.3 Å². The second-order valence-corrected chi connectivity index (χ2v) is 9.48. The van der Waals surface area contributed by atoms with Gasteiger partial charge in [0.15, 0.2) is 5.03 Å². The first-order valence-corrected chi connectivity index (χ1v) is 11.2. The molecule has 1 aliphatic heterocycles. The van der Waals surface area contributed by atoms with Gasteiger partial charge in [-0.05, 0) is 57.9 Å². The van der Waals surface area contributed by atoms with E-state index in [1.807, 2.05) is 26.0 Å². The van der Waals surface area contributed by atoms with E-state index in [-0.39, 0.29) is 23.0 Å². The molecule has 0 radical (unpaired) electrons. The summed E-state index contributed by atoms with van der Waals surface area (Å²) in [4.78, 5) is 16.7. The summed E-state index contributed by atoms with van der Waals surface area (Å²) in [6.45, 7) is 6.28. The molecule has 1 fully saturated rings. The van der Waals surface area contributed by atoms with Crippen LogP contribution in [-0.4, -0.2) is 47.4 Å². The van der Waals surface area contributed by atoms with Crippen molar-refractivity contribution in [3.8, 4) is 5.75 Å². The van der Waals surface area contributed by atoms with Gasteiger partial charge in [-0.15, -0.1) is 0 Å². The first-order valence-electron chi connectivity index (χ1n) is 9.74. The van der Waals surface area contributed by atoms with Crippen molar-refractivity contribution >= 4 is 21.6 Å². The van der Waals surface area contributed by atoms with E-state index >= 15 is 0 Å². The minimum absolute atomic E-state index is 0.0594. The molecule has 2 aromatic rings. The summed E-state index contributed by atoms with van der Waals surface area (Å²) >= 11 is 0. The number of aromatic nitrogens is 2. The summed E-state index contributed by atoms with van der Waals surface area (Å²) in [6, 6.07) is 7.25. The van der Waals surface area contributed by atoms with Gasteiger partial charge in [0.25, 0.3) is 10.0 Å². The lowest BCUT2D eigenvalue weighted by atomic mass is 9.97. The number of hydrogen-bond acceptors (Lipinski definition) is 5. The molecule has 0 unspecified atom stereocenters. The van der Waals surface area contributed by atoms with Crippen LogP contribution in [0.1, 0.15) is 32.5 Å². The van der Waals surface area contributed by atoms with Gasteiger partial charge in [0.1, 0.15) is 11.6 Å². The number of sulfonamides is 1. The third kappa shape index (κ3) is 4.97. The van der Waals surface area contributed by atoms with Crippen molar-refractivity contribution in [1.82, 2.24) is 13.9 Å². The van der Waals surface area contributed by atoms with Gasteiger partial charge in [-0.1, -0.05) is 0 Å². The Labute approximate surface area is 171 Å². The molecular formula is C20H28N4O4S. The van der Waals surface area contributed by atoms with Crippen molar-refractivity contribution in [3.63, 3.8) is 0 Å². The highest BCUT2D eigenvalue weighted by Crippen LogP contribution is 2.25. The molecule has 0 atom stereocenters. The average molecular weight is 421 g/mol. The number of ether oxygens (including phenoxy) is 1. The molecule has 1 aliphatic rings. The minimum atomic E-state index is -3.63. The second kappa shape index (κ2) is 8.54. The molecule has 0 aliphatic carbocycles. The van der Waals surface area contributed by atoms with E-state index < -0.39 is 10.0 Å². The second-order valence-electron chi connectivity index (χ2n) is 7.60. The molecule has 8 nitrogen and oxygen atoms in total. The van der Waals surface area contributed by atoms with Gasteiger partial charge in [-0.3, -0.25) is 4.79 Å². The predicted molar refractivity (Wildman–Crippen MR) is 110 cm³/mol. The zero-order valence-corrected chi connectivity index (χ0v) is 18.1. The Morgan fingerprint density at radius 1 is 1.21 bits per heavy atom. The number of hydrogen-bond donors (Lipinski definition) is 1. The molecule has 0 saturated carbocycles. The molecule has 1 aromatic carbocycles. The molecule has 1 N–H and O–H groups in total. The Hall–Kier alpha value is -2.39. The lowest BCUT2D eigenvalue weighted by Gasteiger charge is -2.29. The van der Waals surface area contributed by atoms with Crippen molar-refractivity contribution in [2.45, 2.75) is 44.7 Å². The minimum Gasteiger partial charge on any atom is -0.491 e. The van der Waals surface area contributed by atoms with Crippen molar-refractivity contribution in [1.29, 1.82) is 0 Å². The number of anilines is 1. The number of rotatable bonds is 6. The van der Waals surface area contributed by atoms with Crippen LogP contribution in [0.2, 0.25) is 0 Å². The highest BCUT2D eigenvalue weighted by Gasteiger charge is 2.33. The number of nitrogens with one attached hydrogen (secondary N) is 1. The molecule has 0 bridgehead atoms. The molecule has 1 saturated heterocycles. The maximum absolute atomic E-state index is 12.8. The molecule has 9 heteroatoms. The van der Waals surface area contributed by atoms with Crippen LogP contribution >= 0.6 is 0 Å². The van der Waals surface area contributed by atoms with Gasteiger partial charge in [0.05, 0.1) is 6.10 Å². The zero-order chi connectivity index (χ0) is 21.2. The first kappa shape index (κ1) is 21.3. The van der Waals surface area contributed by atoms with E-state index in [9.17, 15) is 13.2 Å². The fourth-order valence-electron chi connectivity index (χ4n) is 3.27. The SMILES string of the molecule is Cc1nc(S(=O)(=O)N2CCC(C(=O)Nc3ccc(OC(C)C)cc3)CC2)cn1C. The van der Waals surface area contributed by atoms with Crippen LogP contribution in [0.4, 0.5) is 5.69 Å². The van der Waals surface area contributed by atoms with Crippen LogP contribution in [0.3, 0.4) is 0 Å². The summed E-state index contributed by atoms with van der Waals surface area (Å²) in [7, 11) is -1.87. The van der Waals surface area contributed by atoms with Gasteiger partial charge in [0, 0.05) is 37.9 Å². The van der Waals surface area contributed by atoms with Crippen LogP contribution < -0.4 is 10.1 Å². The number of imidazole rings is 1. The molecule has 0 spiro atoms. The summed E-state index contributed by atoms with van der Waals surface area (Å²) in [5.41, 5.74) is 0.699. The first-order chi connectivity index (χ1) is 13.7. The van der Waals surface area contributed by atoms with E-state index in [2.05, 4.69) is 10.3 Å². The van der Waals surface area contributed by atoms with Crippen LogP contribution in [0.25, 0.3) is 0 Å². The Kier molecular flexibility index (Phi) is 6.28. The Balaban J connectivity index is 1.56. The van der Waals surface area contributed by atoms with Crippen LogP contribution in [0.15, 0.2) is 35.5 Å². The average Bonchev–Trinajstić information content (AvgIpc) is 3.02. The quantitative estimate of drug-likeness (QED) is 0.775. The summed E-state index contributed by atoms with van der Waals surface area (Å²) < 4.78 is 34.2. The molecular weight excluding hydrogens is 392 g/mol. The summed E-state index contributed by atoms with van der Waals surface area (Å²) in [5, 5.41) is 2.97. The smallest absolute Gasteiger partial charge is 0.262 e. The molecule has 2 heterocycles. The molecule has 1 aromatic heterocycles. The highest BCUT2D eigenvalue weighted by molar-refractivity contribution is 7.89. The van der Waals surface area contributed by atoms with Crippen molar-refractivity contribution in [2.75, 3.05) is 18.4 Å². The number of piperidine rings is 1. The van der Waals surface area contributed by atoms with Gasteiger partial charge in [0.2, 0.25) is 5.91 Å². The Morgan fingerprint density at radius 2 is 1.83 bits per heavy atom. The normalized spacial score (nSPS) is 16.2. The third-order valence-corrected chi connectivity index (χ3v) is 6.78. The number of carbonyl (C=O) groups excluding carboxylic acids is 1. The summed E-state index contributed by atoms with van der Waals surface area (Å²) in [5.74, 6) is 1.08. The lowest BCUT2D eigenvalue weighted by molar-refractivity contribution is -0.120. The fraction of sp³-hybridized carbons (Fsp3) is 0.500. The molecule has 29 heavy (non-hydrogen) atoms. The van der Waals surface area contributed by atoms with E-state index in [1.54, 1.807) is 30.7 Å². The third-order valence-electron chi connectivity index (χ3n) is 5.01. The van der Waals surface area contributed by atoms with E-state index in [4.69, 9.17) is 4.74 Å². The maximum atomic E-state index is 12.8. The van der Waals surface area contributed by atoms with Crippen molar-refractivity contribution in [2.24, 2.45) is 13.0 Å². The number of benzene rings is 1. The topological polar surface area (TPSA) is 93.5 Å². The van der Waals surface area contributed by atoms with Gasteiger partial charge >= 0.3 is 0 Å². The van der Waals surface area contributed by atoms with Crippen LogP contribution in [-0.2, 0) is 21.9 Å². The van der Waals surface area contributed by atoms with Gasteiger partial charge < -0.3 is 14.6 Å². The number of aryl methyl sites for hydroxylation is 2. The van der Waals surface area contributed by atoms with Crippen molar-refractivity contribution < 1.29 is 17.9 Å². The van der Waals surface area contributed by atoms with E-state index in [0.717, 1.165) is 5.75 Å². The number of carbonyl (C=O) groups is 1. The molecule has 1 amide bonds. The fourth-order valence-corrected chi connectivity index (χ4v) is 4.77. The van der Waals surface area contributed by atoms with Gasteiger partial charge in [-0.25, -0.2) is 13.4 Å². The standard InChI is InChI=1S/C20H28N4O4S/c1-14(2)28-18-7-5-17(6-8-18)22-20(25)16-9-11-24(12-10-16)29(26,27)19-13-23(4)15(3)21-19/h5-8,13-14,16H,9-12H2,1-4H3,(H,22,25). The maximum Gasteiger partial charge on any atom is 0.262 e. The number of nitrogens with zero attached hydrogens (tertiary/aromatic N) is 3. The van der Waals surface area contributed by atoms with E-state index in [1.165, 1.54) is 10.5 Å². The largest absolute Gasteiger partial charge is 0.491 e. The molecule has 3 rings (SSSR count). The van der Waals surface area contributed by atoms with E-state index in [0.29, 0.717) is 37.4 Å².